The SMILES string of the molecule is CCNC1CCN(c2ccc3ncsc3c2)CC1C. The lowest BCUT2D eigenvalue weighted by molar-refractivity contribution is 0.327. The number of hydrogen-bond donors (Lipinski definition) is 1. The first-order chi connectivity index (χ1) is 9.28. The Morgan fingerprint density at radius 3 is 3.16 bits per heavy atom. The molecular formula is C15H21N3S. The van der Waals surface area contributed by atoms with Gasteiger partial charge in [-0.2, -0.15) is 0 Å². The molecule has 19 heavy (non-hydrogen) atoms. The number of anilines is 1. The molecule has 0 spiro atoms. The topological polar surface area (TPSA) is 28.2 Å². The van der Waals surface area contributed by atoms with Gasteiger partial charge in [-0.3, -0.25) is 0 Å². The summed E-state index contributed by atoms with van der Waals surface area (Å²) in [4.78, 5) is 6.86. The van der Waals surface area contributed by atoms with Crippen molar-refractivity contribution in [1.82, 2.24) is 10.3 Å². The highest BCUT2D eigenvalue weighted by Gasteiger charge is 2.25. The number of benzene rings is 1. The summed E-state index contributed by atoms with van der Waals surface area (Å²) in [6, 6.07) is 7.31. The molecule has 0 radical (unpaired) electrons. The molecule has 0 amide bonds. The van der Waals surface area contributed by atoms with E-state index in [9.17, 15) is 0 Å². The number of hydrogen-bond acceptors (Lipinski definition) is 4. The largest absolute Gasteiger partial charge is 0.371 e. The van der Waals surface area contributed by atoms with Crippen LogP contribution in [0.5, 0.6) is 0 Å². The predicted molar refractivity (Wildman–Crippen MR) is 83.1 cm³/mol. The van der Waals surface area contributed by atoms with Crippen LogP contribution in [0.3, 0.4) is 0 Å². The maximum absolute atomic E-state index is 4.35. The van der Waals surface area contributed by atoms with Crippen LogP contribution in [0.2, 0.25) is 0 Å². The van der Waals surface area contributed by atoms with Crippen LogP contribution >= 0.6 is 11.3 Å². The lowest BCUT2D eigenvalue weighted by Crippen LogP contribution is -2.48. The maximum Gasteiger partial charge on any atom is 0.0813 e. The molecule has 4 heteroatoms. The number of aromatic nitrogens is 1. The van der Waals surface area contributed by atoms with E-state index in [0.29, 0.717) is 12.0 Å². The van der Waals surface area contributed by atoms with E-state index in [4.69, 9.17) is 0 Å². The summed E-state index contributed by atoms with van der Waals surface area (Å²) in [5.41, 5.74) is 4.39. The van der Waals surface area contributed by atoms with Gasteiger partial charge in [0, 0.05) is 24.8 Å². The van der Waals surface area contributed by atoms with E-state index in [0.717, 1.165) is 25.2 Å². The zero-order valence-electron chi connectivity index (χ0n) is 11.6. The number of rotatable bonds is 3. The number of fused-ring (bicyclic) bond motifs is 1. The second-order valence-electron chi connectivity index (χ2n) is 5.38. The average molecular weight is 275 g/mol. The molecule has 1 fully saturated rings. The molecule has 0 aliphatic carbocycles. The molecule has 3 rings (SSSR count). The van der Waals surface area contributed by atoms with Crippen molar-refractivity contribution in [3.8, 4) is 0 Å². The Balaban J connectivity index is 1.76. The Bertz CT molecular complexity index is 551. The van der Waals surface area contributed by atoms with Crippen molar-refractivity contribution >= 4 is 27.2 Å². The van der Waals surface area contributed by atoms with E-state index in [2.05, 4.69) is 47.2 Å². The van der Waals surface area contributed by atoms with Crippen LogP contribution in [0.15, 0.2) is 23.7 Å². The van der Waals surface area contributed by atoms with Crippen molar-refractivity contribution in [2.75, 3.05) is 24.5 Å². The van der Waals surface area contributed by atoms with E-state index in [1.165, 1.54) is 16.8 Å². The Kier molecular flexibility index (Phi) is 3.71. The minimum absolute atomic E-state index is 0.674. The summed E-state index contributed by atoms with van der Waals surface area (Å²) in [7, 11) is 0. The molecule has 0 saturated carbocycles. The Morgan fingerprint density at radius 2 is 2.37 bits per heavy atom. The molecular weight excluding hydrogens is 254 g/mol. The van der Waals surface area contributed by atoms with E-state index in [1.54, 1.807) is 11.3 Å². The fourth-order valence-electron chi connectivity index (χ4n) is 2.99. The number of thiazole rings is 1. The average Bonchev–Trinajstić information content (AvgIpc) is 2.88. The second-order valence-corrected chi connectivity index (χ2v) is 6.27. The zero-order chi connectivity index (χ0) is 13.2. The molecule has 1 N–H and O–H groups in total. The molecule has 1 aromatic carbocycles. The van der Waals surface area contributed by atoms with Gasteiger partial charge in [0.05, 0.1) is 15.7 Å². The normalized spacial score (nSPS) is 24.0. The van der Waals surface area contributed by atoms with Crippen molar-refractivity contribution in [2.24, 2.45) is 5.92 Å². The fraction of sp³-hybridized carbons (Fsp3) is 0.533. The molecule has 1 saturated heterocycles. The standard InChI is InChI=1S/C15H21N3S/c1-3-16-13-6-7-18(9-11(13)2)12-4-5-14-15(8-12)19-10-17-14/h4-5,8,10-11,13,16H,3,6-7,9H2,1-2H3. The Hall–Kier alpha value is -1.13. The van der Waals surface area contributed by atoms with E-state index >= 15 is 0 Å². The molecule has 0 bridgehead atoms. The third kappa shape index (κ3) is 2.60. The minimum atomic E-state index is 0.674. The van der Waals surface area contributed by atoms with Gasteiger partial charge in [-0.25, -0.2) is 4.98 Å². The van der Waals surface area contributed by atoms with Crippen LogP contribution < -0.4 is 10.2 Å². The third-order valence-electron chi connectivity index (χ3n) is 4.05. The van der Waals surface area contributed by atoms with Crippen LogP contribution in [0, 0.1) is 5.92 Å². The number of piperidine rings is 1. The van der Waals surface area contributed by atoms with Crippen LogP contribution in [-0.4, -0.2) is 30.7 Å². The summed E-state index contributed by atoms with van der Waals surface area (Å²) in [5.74, 6) is 0.700. The first-order valence-electron chi connectivity index (χ1n) is 7.09. The maximum atomic E-state index is 4.35. The highest BCUT2D eigenvalue weighted by atomic mass is 32.1. The summed E-state index contributed by atoms with van der Waals surface area (Å²) >= 11 is 1.72. The van der Waals surface area contributed by atoms with Gasteiger partial charge in [-0.05, 0) is 37.1 Å². The van der Waals surface area contributed by atoms with E-state index in [1.807, 2.05) is 5.51 Å². The molecule has 1 aromatic heterocycles. The van der Waals surface area contributed by atoms with E-state index < -0.39 is 0 Å². The fourth-order valence-corrected chi connectivity index (χ4v) is 3.70. The van der Waals surface area contributed by atoms with Gasteiger partial charge in [0.15, 0.2) is 0 Å². The summed E-state index contributed by atoms with van der Waals surface area (Å²) < 4.78 is 1.29. The van der Waals surface area contributed by atoms with Crippen molar-refractivity contribution in [2.45, 2.75) is 26.3 Å². The smallest absolute Gasteiger partial charge is 0.0813 e. The van der Waals surface area contributed by atoms with Gasteiger partial charge in [0.2, 0.25) is 0 Å². The highest BCUT2D eigenvalue weighted by molar-refractivity contribution is 7.16. The van der Waals surface area contributed by atoms with Crippen molar-refractivity contribution in [1.29, 1.82) is 0 Å². The molecule has 2 aromatic rings. The predicted octanol–water partition coefficient (Wildman–Crippen LogP) is 3.12. The van der Waals surface area contributed by atoms with Crippen molar-refractivity contribution < 1.29 is 0 Å². The van der Waals surface area contributed by atoms with Crippen LogP contribution in [-0.2, 0) is 0 Å². The number of nitrogens with zero attached hydrogens (tertiary/aromatic N) is 2. The summed E-state index contributed by atoms with van der Waals surface area (Å²) in [5, 5.41) is 3.60. The number of nitrogens with one attached hydrogen (secondary N) is 1. The summed E-state index contributed by atoms with van der Waals surface area (Å²) in [6.07, 6.45) is 1.23. The van der Waals surface area contributed by atoms with Gasteiger partial charge in [0.1, 0.15) is 0 Å². The summed E-state index contributed by atoms with van der Waals surface area (Å²) in [6.45, 7) is 7.90. The Morgan fingerprint density at radius 1 is 1.47 bits per heavy atom. The zero-order valence-corrected chi connectivity index (χ0v) is 12.4. The van der Waals surface area contributed by atoms with Crippen LogP contribution in [0.4, 0.5) is 5.69 Å². The van der Waals surface area contributed by atoms with Gasteiger partial charge in [-0.15, -0.1) is 11.3 Å². The minimum Gasteiger partial charge on any atom is -0.371 e. The monoisotopic (exact) mass is 275 g/mol. The van der Waals surface area contributed by atoms with Crippen molar-refractivity contribution in [3.63, 3.8) is 0 Å². The van der Waals surface area contributed by atoms with Gasteiger partial charge >= 0.3 is 0 Å². The van der Waals surface area contributed by atoms with Crippen LogP contribution in [0.25, 0.3) is 10.2 Å². The first kappa shape index (κ1) is 12.9. The Labute approximate surface area is 118 Å². The molecule has 3 nitrogen and oxygen atoms in total. The van der Waals surface area contributed by atoms with Gasteiger partial charge in [0.25, 0.3) is 0 Å². The van der Waals surface area contributed by atoms with Crippen molar-refractivity contribution in [3.05, 3.63) is 23.7 Å². The molecule has 1 aliphatic rings. The highest BCUT2D eigenvalue weighted by Crippen LogP contribution is 2.28. The van der Waals surface area contributed by atoms with Crippen LogP contribution in [0.1, 0.15) is 20.3 Å². The molecule has 2 atom stereocenters. The van der Waals surface area contributed by atoms with Gasteiger partial charge < -0.3 is 10.2 Å². The lowest BCUT2D eigenvalue weighted by Gasteiger charge is -2.38. The molecule has 2 unspecified atom stereocenters. The molecule has 1 aliphatic heterocycles. The lowest BCUT2D eigenvalue weighted by atomic mass is 9.93. The molecule has 102 valence electrons. The third-order valence-corrected chi connectivity index (χ3v) is 4.84. The molecule has 2 heterocycles. The second kappa shape index (κ2) is 5.47. The van der Waals surface area contributed by atoms with Gasteiger partial charge in [-0.1, -0.05) is 13.8 Å². The first-order valence-corrected chi connectivity index (χ1v) is 7.97. The quantitative estimate of drug-likeness (QED) is 0.933. The van der Waals surface area contributed by atoms with E-state index in [-0.39, 0.29) is 0 Å².